The summed E-state index contributed by atoms with van der Waals surface area (Å²) in [6, 6.07) is 11.0. The monoisotopic (exact) mass is 417 g/mol. The van der Waals surface area contributed by atoms with Crippen LogP contribution in [0.5, 0.6) is 0 Å². The van der Waals surface area contributed by atoms with Crippen molar-refractivity contribution < 1.29 is 4.39 Å². The first-order valence-electron chi connectivity index (χ1n) is 6.97. The number of rotatable bonds is 5. The van der Waals surface area contributed by atoms with E-state index < -0.39 is 0 Å². The van der Waals surface area contributed by atoms with Gasteiger partial charge in [0.25, 0.3) is 0 Å². The smallest absolute Gasteiger partial charge is 0.124 e. The number of halogens is 3. The van der Waals surface area contributed by atoms with E-state index in [0.717, 1.165) is 38.2 Å². The summed E-state index contributed by atoms with van der Waals surface area (Å²) in [5, 5.41) is 4.28. The molecule has 2 rings (SSSR count). The molecule has 0 heterocycles. The van der Waals surface area contributed by atoms with Gasteiger partial charge in [-0.2, -0.15) is 0 Å². The fraction of sp³-hybridized carbons (Fsp3) is 0.294. The average Bonchev–Trinajstić information content (AvgIpc) is 2.44. The molecule has 0 amide bonds. The van der Waals surface area contributed by atoms with Gasteiger partial charge in [0.05, 0.1) is 6.04 Å². The van der Waals surface area contributed by atoms with E-state index in [9.17, 15) is 4.39 Å². The highest BCUT2D eigenvalue weighted by Crippen LogP contribution is 2.29. The Morgan fingerprint density at radius 3 is 2.62 bits per heavy atom. The second kappa shape index (κ2) is 7.56. The molecule has 0 saturated carbocycles. The lowest BCUT2D eigenvalue weighted by Gasteiger charge is -2.21. The van der Waals surface area contributed by atoms with E-state index in [2.05, 4.69) is 40.9 Å². The Bertz CT molecular complexity index is 630. The van der Waals surface area contributed by atoms with Crippen LogP contribution in [0, 0.1) is 16.3 Å². The van der Waals surface area contributed by atoms with Crippen LogP contribution in [0.1, 0.15) is 36.1 Å². The van der Waals surface area contributed by atoms with Crippen LogP contribution in [0.25, 0.3) is 0 Å². The van der Waals surface area contributed by atoms with Crippen LogP contribution in [-0.2, 0) is 0 Å². The predicted molar refractivity (Wildman–Crippen MR) is 95.4 cm³/mol. The molecule has 0 aliphatic heterocycles. The quantitative estimate of drug-likeness (QED) is 0.635. The highest BCUT2D eigenvalue weighted by Gasteiger charge is 2.17. The van der Waals surface area contributed by atoms with Gasteiger partial charge in [-0.3, -0.25) is 0 Å². The van der Waals surface area contributed by atoms with E-state index in [1.54, 1.807) is 6.07 Å². The van der Waals surface area contributed by atoms with E-state index in [0.29, 0.717) is 0 Å². The topological polar surface area (TPSA) is 12.0 Å². The molecule has 0 aromatic heterocycles. The third kappa shape index (κ3) is 4.18. The fourth-order valence-corrected chi connectivity index (χ4v) is 3.20. The van der Waals surface area contributed by atoms with E-state index in [1.807, 2.05) is 25.1 Å². The van der Waals surface area contributed by atoms with E-state index in [1.165, 1.54) is 6.07 Å². The molecule has 2 aromatic carbocycles. The molecule has 112 valence electrons. The minimum atomic E-state index is -0.209. The summed E-state index contributed by atoms with van der Waals surface area (Å²) in [4.78, 5) is 0. The Kier molecular flexibility index (Phi) is 6.02. The Hall–Kier alpha value is -0.650. The van der Waals surface area contributed by atoms with Crippen molar-refractivity contribution >= 4 is 34.2 Å². The van der Waals surface area contributed by atoms with E-state index in [4.69, 9.17) is 11.6 Å². The molecule has 0 saturated heterocycles. The standard InChI is InChI=1S/C17H18ClFIN/c1-3-8-21-17(12-5-4-11(2)15(18)9-12)14-7-6-13(19)10-16(14)20/h4-7,9-10,17,21H,3,8H2,1-2H3. The van der Waals surface area contributed by atoms with Gasteiger partial charge < -0.3 is 5.32 Å². The number of hydrogen-bond donors (Lipinski definition) is 1. The maximum Gasteiger partial charge on any atom is 0.124 e. The van der Waals surface area contributed by atoms with Gasteiger partial charge in [0.2, 0.25) is 0 Å². The molecule has 0 bridgehead atoms. The Morgan fingerprint density at radius 1 is 1.24 bits per heavy atom. The molecule has 1 atom stereocenters. The van der Waals surface area contributed by atoms with Crippen molar-refractivity contribution in [3.05, 3.63) is 67.5 Å². The molecular weight excluding hydrogens is 400 g/mol. The summed E-state index contributed by atoms with van der Waals surface area (Å²) < 4.78 is 14.3. The van der Waals surface area contributed by atoms with Gasteiger partial charge in [-0.05, 0) is 77.4 Å². The average molecular weight is 418 g/mol. The second-order valence-corrected chi connectivity index (χ2v) is 6.63. The Balaban J connectivity index is 2.44. The molecule has 1 unspecified atom stereocenters. The summed E-state index contributed by atoms with van der Waals surface area (Å²) in [5.74, 6) is -0.209. The molecule has 4 heteroatoms. The van der Waals surface area contributed by atoms with Gasteiger partial charge >= 0.3 is 0 Å². The third-order valence-electron chi connectivity index (χ3n) is 3.40. The van der Waals surface area contributed by atoms with Gasteiger partial charge in [-0.1, -0.05) is 36.7 Å². The minimum Gasteiger partial charge on any atom is -0.306 e. The van der Waals surface area contributed by atoms with Gasteiger partial charge in [0.1, 0.15) is 5.82 Å². The fourth-order valence-electron chi connectivity index (χ4n) is 2.22. The summed E-state index contributed by atoms with van der Waals surface area (Å²) in [6.07, 6.45) is 1.04. The number of nitrogens with one attached hydrogen (secondary N) is 1. The number of hydrogen-bond acceptors (Lipinski definition) is 1. The zero-order valence-electron chi connectivity index (χ0n) is 12.1. The normalized spacial score (nSPS) is 12.4. The first-order chi connectivity index (χ1) is 10.0. The lowest BCUT2D eigenvalue weighted by atomic mass is 9.97. The minimum absolute atomic E-state index is 0.0237. The van der Waals surface area contributed by atoms with Crippen LogP contribution >= 0.6 is 34.2 Å². The van der Waals surface area contributed by atoms with Crippen LogP contribution in [-0.4, -0.2) is 6.54 Å². The van der Waals surface area contributed by atoms with Crippen molar-refractivity contribution in [2.45, 2.75) is 26.3 Å². The molecule has 2 aromatic rings. The number of aryl methyl sites for hydroxylation is 1. The zero-order valence-corrected chi connectivity index (χ0v) is 15.0. The summed E-state index contributed by atoms with van der Waals surface area (Å²) in [7, 11) is 0. The number of benzene rings is 2. The van der Waals surface area contributed by atoms with Crippen molar-refractivity contribution in [1.29, 1.82) is 0 Å². The van der Waals surface area contributed by atoms with Crippen LogP contribution in [0.15, 0.2) is 36.4 Å². The lowest BCUT2D eigenvalue weighted by molar-refractivity contribution is 0.590. The highest BCUT2D eigenvalue weighted by molar-refractivity contribution is 14.1. The largest absolute Gasteiger partial charge is 0.306 e. The Labute approximate surface area is 144 Å². The summed E-state index contributed by atoms with van der Waals surface area (Å²) >= 11 is 8.44. The molecule has 0 radical (unpaired) electrons. The van der Waals surface area contributed by atoms with Crippen LogP contribution in [0.3, 0.4) is 0 Å². The molecule has 0 aliphatic rings. The summed E-state index contributed by atoms with van der Waals surface area (Å²) in [5.41, 5.74) is 3.23. The van der Waals surface area contributed by atoms with E-state index >= 15 is 0 Å². The van der Waals surface area contributed by atoms with Crippen molar-refractivity contribution in [2.75, 3.05) is 6.54 Å². The second-order valence-electron chi connectivity index (χ2n) is 5.06. The first-order valence-corrected chi connectivity index (χ1v) is 8.43. The SMILES string of the molecule is CCCNC(c1ccc(C)c(Cl)c1)c1ccc(F)cc1I. The molecule has 1 N–H and O–H groups in total. The summed E-state index contributed by atoms with van der Waals surface area (Å²) in [6.45, 7) is 5.01. The Morgan fingerprint density at radius 2 is 2.00 bits per heavy atom. The van der Waals surface area contributed by atoms with Crippen LogP contribution < -0.4 is 5.32 Å². The molecule has 0 aliphatic carbocycles. The zero-order chi connectivity index (χ0) is 15.4. The first kappa shape index (κ1) is 16.7. The van der Waals surface area contributed by atoms with Crippen molar-refractivity contribution in [3.63, 3.8) is 0 Å². The van der Waals surface area contributed by atoms with Crippen LogP contribution in [0.2, 0.25) is 5.02 Å². The molecule has 0 fully saturated rings. The van der Waals surface area contributed by atoms with E-state index in [-0.39, 0.29) is 11.9 Å². The predicted octanol–water partition coefficient (Wildman–Crippen LogP) is 5.48. The van der Waals surface area contributed by atoms with Crippen molar-refractivity contribution in [1.82, 2.24) is 5.32 Å². The molecule has 1 nitrogen and oxygen atoms in total. The third-order valence-corrected chi connectivity index (χ3v) is 4.74. The van der Waals surface area contributed by atoms with Crippen molar-refractivity contribution in [2.24, 2.45) is 0 Å². The van der Waals surface area contributed by atoms with Gasteiger partial charge in [0.15, 0.2) is 0 Å². The van der Waals surface area contributed by atoms with Gasteiger partial charge in [0, 0.05) is 8.59 Å². The maximum absolute atomic E-state index is 13.3. The maximum atomic E-state index is 13.3. The molecular formula is C17H18ClFIN. The lowest BCUT2D eigenvalue weighted by Crippen LogP contribution is -2.24. The van der Waals surface area contributed by atoms with Gasteiger partial charge in [-0.15, -0.1) is 0 Å². The molecule has 0 spiro atoms. The highest BCUT2D eigenvalue weighted by atomic mass is 127. The van der Waals surface area contributed by atoms with Crippen molar-refractivity contribution in [3.8, 4) is 0 Å². The molecule has 21 heavy (non-hydrogen) atoms. The van der Waals surface area contributed by atoms with Gasteiger partial charge in [-0.25, -0.2) is 4.39 Å². The van der Waals surface area contributed by atoms with Crippen LogP contribution in [0.4, 0.5) is 4.39 Å².